The topological polar surface area (TPSA) is 133 Å². The number of piperazine rings is 1. The molecule has 5 rings (SSSR count). The number of rotatable bonds is 10. The zero-order valence-electron chi connectivity index (χ0n) is 23.5. The zero-order chi connectivity index (χ0) is 29.9. The van der Waals surface area contributed by atoms with E-state index in [2.05, 4.69) is 22.2 Å². The molecular weight excluding hydrogens is 574 g/mol. The van der Waals surface area contributed by atoms with Crippen LogP contribution in [0.15, 0.2) is 65.8 Å². The molecule has 4 aromatic rings. The summed E-state index contributed by atoms with van der Waals surface area (Å²) in [6.07, 6.45) is 5.62. The highest BCUT2D eigenvalue weighted by Crippen LogP contribution is 2.32. The lowest BCUT2D eigenvalue weighted by molar-refractivity contribution is -0.125. The van der Waals surface area contributed by atoms with E-state index in [4.69, 9.17) is 0 Å². The molecule has 0 radical (unpaired) electrons. The molecule has 2 N–H and O–H groups in total. The molecule has 0 saturated carbocycles. The number of hydrogen-bond donors (Lipinski definition) is 2. The third kappa shape index (κ3) is 6.15. The number of carboxylic acid groups (broad SMARTS) is 1. The quantitative estimate of drug-likeness (QED) is 0.275. The van der Waals surface area contributed by atoms with Gasteiger partial charge in [0.15, 0.2) is 5.13 Å². The Balaban J connectivity index is 1.42. The van der Waals surface area contributed by atoms with Gasteiger partial charge < -0.3 is 15.3 Å². The van der Waals surface area contributed by atoms with E-state index < -0.39 is 27.9 Å². The van der Waals surface area contributed by atoms with E-state index in [9.17, 15) is 23.1 Å². The number of benzene rings is 2. The van der Waals surface area contributed by atoms with Crippen molar-refractivity contribution >= 4 is 48.6 Å². The summed E-state index contributed by atoms with van der Waals surface area (Å²) in [4.78, 5) is 35.9. The van der Waals surface area contributed by atoms with Gasteiger partial charge in [0, 0.05) is 38.6 Å². The molecule has 0 spiro atoms. The largest absolute Gasteiger partial charge is 0.478 e. The van der Waals surface area contributed by atoms with Crippen molar-refractivity contribution in [3.8, 4) is 0 Å². The van der Waals surface area contributed by atoms with Crippen LogP contribution < -0.4 is 10.2 Å². The summed E-state index contributed by atoms with van der Waals surface area (Å²) in [5.41, 5.74) is 3.46. The second-order valence-electron chi connectivity index (χ2n) is 10.2. The van der Waals surface area contributed by atoms with E-state index in [1.165, 1.54) is 27.4 Å². The smallest absolute Gasteiger partial charge is 0.339 e. The molecule has 3 heterocycles. The van der Waals surface area contributed by atoms with Crippen molar-refractivity contribution in [2.75, 3.05) is 24.5 Å². The summed E-state index contributed by atoms with van der Waals surface area (Å²) < 4.78 is 29.5. The van der Waals surface area contributed by atoms with E-state index in [-0.39, 0.29) is 36.6 Å². The molecule has 0 unspecified atom stereocenters. The Morgan fingerprint density at radius 2 is 1.69 bits per heavy atom. The van der Waals surface area contributed by atoms with Crippen molar-refractivity contribution in [2.45, 2.75) is 50.6 Å². The summed E-state index contributed by atoms with van der Waals surface area (Å²) in [5.74, 6) is -1.55. The number of carbonyl (C=O) groups is 2. The number of hydrogen-bond acceptors (Lipinski definition) is 8. The summed E-state index contributed by atoms with van der Waals surface area (Å²) in [5, 5.41) is 13.0. The molecule has 220 valence electrons. The van der Waals surface area contributed by atoms with Gasteiger partial charge in [0.25, 0.3) is 0 Å². The van der Waals surface area contributed by atoms with Gasteiger partial charge in [-0.3, -0.25) is 9.78 Å². The molecule has 12 heteroatoms. The second-order valence-corrected chi connectivity index (χ2v) is 13.1. The van der Waals surface area contributed by atoms with Crippen LogP contribution in [0.2, 0.25) is 0 Å². The number of pyridine rings is 1. The standard InChI is InChI=1S/C30H33N5O5S2/c1-3-5-21-6-8-22(9-7-21)16-32-28(36)25-19-34(30-33-27-24(29(37)38)17-31-18-26(27)41-30)14-15-35(25)42(39,40)23-12-10-20(4-2)11-13-23/h6-13,17-18,25H,3-5,14-16,19H2,1-2H3,(H,32,36)(H,37,38)/t25-/m1/s1. The van der Waals surface area contributed by atoms with Gasteiger partial charge in [-0.1, -0.05) is 68.0 Å². The Morgan fingerprint density at radius 1 is 1.00 bits per heavy atom. The predicted molar refractivity (Wildman–Crippen MR) is 162 cm³/mol. The summed E-state index contributed by atoms with van der Waals surface area (Å²) in [6, 6.07) is 13.7. The number of aromatic carboxylic acids is 1. The van der Waals surface area contributed by atoms with Crippen LogP contribution in [0.3, 0.4) is 0 Å². The van der Waals surface area contributed by atoms with Crippen molar-refractivity contribution in [3.05, 3.63) is 83.2 Å². The number of fused-ring (bicyclic) bond motifs is 1. The van der Waals surface area contributed by atoms with Gasteiger partial charge in [-0.15, -0.1) is 0 Å². The first-order valence-electron chi connectivity index (χ1n) is 13.9. The van der Waals surface area contributed by atoms with Crippen molar-refractivity contribution in [1.29, 1.82) is 0 Å². The van der Waals surface area contributed by atoms with Gasteiger partial charge in [0.2, 0.25) is 15.9 Å². The van der Waals surface area contributed by atoms with Crippen molar-refractivity contribution in [2.24, 2.45) is 0 Å². The molecule has 0 bridgehead atoms. The average molecular weight is 608 g/mol. The molecule has 1 aliphatic heterocycles. The fraction of sp³-hybridized carbons (Fsp3) is 0.333. The Bertz CT molecular complexity index is 1690. The van der Waals surface area contributed by atoms with E-state index in [0.29, 0.717) is 15.3 Å². The molecule has 1 saturated heterocycles. The molecule has 1 amide bonds. The highest BCUT2D eigenvalue weighted by Gasteiger charge is 2.41. The Hall–Kier alpha value is -3.87. The summed E-state index contributed by atoms with van der Waals surface area (Å²) in [6.45, 7) is 4.78. The minimum Gasteiger partial charge on any atom is -0.478 e. The number of aryl methyl sites for hydroxylation is 2. The first kappa shape index (κ1) is 29.6. The van der Waals surface area contributed by atoms with Crippen LogP contribution in [0.1, 0.15) is 47.3 Å². The second kappa shape index (κ2) is 12.6. The minimum absolute atomic E-state index is 0.00834. The van der Waals surface area contributed by atoms with Crippen molar-refractivity contribution in [1.82, 2.24) is 19.6 Å². The first-order valence-corrected chi connectivity index (χ1v) is 16.2. The number of thiazole rings is 1. The highest BCUT2D eigenvalue weighted by atomic mass is 32.2. The number of nitrogens with one attached hydrogen (secondary N) is 1. The van der Waals surface area contributed by atoms with Crippen LogP contribution in [-0.4, -0.2) is 65.4 Å². The maximum absolute atomic E-state index is 13.8. The van der Waals surface area contributed by atoms with Crippen LogP contribution in [0.4, 0.5) is 5.13 Å². The number of anilines is 1. The Labute approximate surface area is 249 Å². The van der Waals surface area contributed by atoms with Crippen LogP contribution in [-0.2, 0) is 34.2 Å². The molecule has 0 aliphatic carbocycles. The average Bonchev–Trinajstić information content (AvgIpc) is 3.45. The lowest BCUT2D eigenvalue weighted by Crippen LogP contribution is -2.60. The normalized spacial score (nSPS) is 16.0. The van der Waals surface area contributed by atoms with E-state index in [0.717, 1.165) is 30.4 Å². The Kier molecular flexibility index (Phi) is 8.85. The van der Waals surface area contributed by atoms with Gasteiger partial charge in [0.05, 0.1) is 9.60 Å². The number of aromatic nitrogens is 2. The fourth-order valence-electron chi connectivity index (χ4n) is 5.03. The van der Waals surface area contributed by atoms with Crippen LogP contribution >= 0.6 is 11.3 Å². The molecule has 1 atom stereocenters. The molecule has 1 fully saturated rings. The molecule has 10 nitrogen and oxygen atoms in total. The van der Waals surface area contributed by atoms with Crippen LogP contribution in [0.25, 0.3) is 10.2 Å². The van der Waals surface area contributed by atoms with Gasteiger partial charge in [-0.2, -0.15) is 4.31 Å². The predicted octanol–water partition coefficient (Wildman–Crippen LogP) is 4.10. The summed E-state index contributed by atoms with van der Waals surface area (Å²) in [7, 11) is -3.98. The molecule has 2 aromatic carbocycles. The van der Waals surface area contributed by atoms with E-state index >= 15 is 0 Å². The molecule has 2 aromatic heterocycles. The minimum atomic E-state index is -3.98. The number of nitrogens with zero attached hydrogens (tertiary/aromatic N) is 4. The summed E-state index contributed by atoms with van der Waals surface area (Å²) >= 11 is 1.26. The maximum atomic E-state index is 13.8. The Morgan fingerprint density at radius 3 is 2.36 bits per heavy atom. The van der Waals surface area contributed by atoms with Crippen molar-refractivity contribution in [3.63, 3.8) is 0 Å². The lowest BCUT2D eigenvalue weighted by atomic mass is 10.1. The van der Waals surface area contributed by atoms with Gasteiger partial charge in [-0.05, 0) is 41.7 Å². The van der Waals surface area contributed by atoms with E-state index in [1.807, 2.05) is 36.1 Å². The lowest BCUT2D eigenvalue weighted by Gasteiger charge is -2.39. The molecule has 1 aliphatic rings. The monoisotopic (exact) mass is 607 g/mol. The highest BCUT2D eigenvalue weighted by molar-refractivity contribution is 7.89. The fourth-order valence-corrected chi connectivity index (χ4v) is 7.59. The third-order valence-corrected chi connectivity index (χ3v) is 10.4. The number of amides is 1. The molecular formula is C30H33N5O5S2. The first-order chi connectivity index (χ1) is 20.2. The number of carboxylic acids is 1. The van der Waals surface area contributed by atoms with Gasteiger partial charge in [0.1, 0.15) is 17.1 Å². The third-order valence-electron chi connectivity index (χ3n) is 7.39. The van der Waals surface area contributed by atoms with Gasteiger partial charge >= 0.3 is 5.97 Å². The SMILES string of the molecule is CCCc1ccc(CNC(=O)[C@H]2CN(c3nc4c(C(=O)O)cncc4s3)CCN2S(=O)(=O)c2ccc(CC)cc2)cc1. The van der Waals surface area contributed by atoms with Crippen LogP contribution in [0, 0.1) is 0 Å². The molecule has 42 heavy (non-hydrogen) atoms. The maximum Gasteiger partial charge on any atom is 0.339 e. The van der Waals surface area contributed by atoms with Gasteiger partial charge in [-0.25, -0.2) is 18.2 Å². The number of sulfonamides is 1. The van der Waals surface area contributed by atoms with E-state index in [1.54, 1.807) is 30.5 Å². The number of carbonyl (C=O) groups excluding carboxylic acids is 1. The zero-order valence-corrected chi connectivity index (χ0v) is 25.1. The van der Waals surface area contributed by atoms with Crippen molar-refractivity contribution < 1.29 is 23.1 Å². The van der Waals surface area contributed by atoms with Crippen LogP contribution in [0.5, 0.6) is 0 Å².